The summed E-state index contributed by atoms with van der Waals surface area (Å²) in [5, 5.41) is 10.9. The summed E-state index contributed by atoms with van der Waals surface area (Å²) >= 11 is 0. The largest absolute Gasteiger partial charge is 0.380 e. The van der Waals surface area contributed by atoms with Crippen LogP contribution in [-0.4, -0.2) is 27.7 Å². The zero-order chi connectivity index (χ0) is 17.8. The number of fused-ring (bicyclic) bond motifs is 1. The van der Waals surface area contributed by atoms with Crippen LogP contribution in [-0.2, 0) is 6.54 Å². The molecule has 4 heteroatoms. The number of aromatic nitrogens is 2. The van der Waals surface area contributed by atoms with Crippen LogP contribution in [0.15, 0.2) is 48.5 Å². The van der Waals surface area contributed by atoms with Gasteiger partial charge < -0.3 is 14.6 Å². The van der Waals surface area contributed by atoms with Gasteiger partial charge in [0.05, 0.1) is 11.0 Å². The summed E-state index contributed by atoms with van der Waals surface area (Å²) in [4.78, 5) is 6.99. The number of aliphatic hydroxyl groups is 1. The molecule has 0 spiro atoms. The molecule has 0 amide bonds. The van der Waals surface area contributed by atoms with Crippen molar-refractivity contribution in [1.29, 1.82) is 0 Å². The predicted octanol–water partition coefficient (Wildman–Crippen LogP) is 4.37. The van der Waals surface area contributed by atoms with E-state index in [9.17, 15) is 5.11 Å². The standard InChI is InChI=1S/C21H27N3O/c1-4-15-24-19-10-8-7-9-18(19)22-21(24)20(25)16-11-13-17(14-12-16)23(5-2)6-3/h7-14,20,25H,4-6,15H2,1-3H3/t20-/m1/s1. The maximum absolute atomic E-state index is 10.9. The monoisotopic (exact) mass is 337 g/mol. The van der Waals surface area contributed by atoms with Crippen LogP contribution in [0.2, 0.25) is 0 Å². The Balaban J connectivity index is 1.96. The topological polar surface area (TPSA) is 41.3 Å². The Morgan fingerprint density at radius 2 is 1.68 bits per heavy atom. The van der Waals surface area contributed by atoms with Gasteiger partial charge in [0.25, 0.3) is 0 Å². The van der Waals surface area contributed by atoms with Gasteiger partial charge in [0.2, 0.25) is 0 Å². The van der Waals surface area contributed by atoms with E-state index >= 15 is 0 Å². The van der Waals surface area contributed by atoms with Gasteiger partial charge in [0.1, 0.15) is 11.9 Å². The number of hydrogen-bond donors (Lipinski definition) is 1. The number of benzene rings is 2. The van der Waals surface area contributed by atoms with Crippen molar-refractivity contribution in [3.05, 3.63) is 59.9 Å². The number of nitrogens with zero attached hydrogens (tertiary/aromatic N) is 3. The van der Waals surface area contributed by atoms with Crippen molar-refractivity contribution in [3.63, 3.8) is 0 Å². The molecule has 3 rings (SSSR count). The number of aliphatic hydroxyl groups excluding tert-OH is 1. The highest BCUT2D eigenvalue weighted by atomic mass is 16.3. The predicted molar refractivity (Wildman–Crippen MR) is 104 cm³/mol. The number of hydrogen-bond acceptors (Lipinski definition) is 3. The van der Waals surface area contributed by atoms with Crippen LogP contribution in [0, 0.1) is 0 Å². The van der Waals surface area contributed by atoms with E-state index in [2.05, 4.69) is 48.4 Å². The molecule has 0 unspecified atom stereocenters. The van der Waals surface area contributed by atoms with Gasteiger partial charge in [-0.15, -0.1) is 0 Å². The fraction of sp³-hybridized carbons (Fsp3) is 0.381. The molecule has 1 atom stereocenters. The average Bonchev–Trinajstić information content (AvgIpc) is 3.02. The van der Waals surface area contributed by atoms with Crippen LogP contribution in [0.3, 0.4) is 0 Å². The summed E-state index contributed by atoms with van der Waals surface area (Å²) < 4.78 is 2.14. The minimum absolute atomic E-state index is 0.718. The zero-order valence-electron chi connectivity index (χ0n) is 15.3. The first-order valence-electron chi connectivity index (χ1n) is 9.17. The lowest BCUT2D eigenvalue weighted by Gasteiger charge is -2.21. The second-order valence-corrected chi connectivity index (χ2v) is 6.28. The number of anilines is 1. The van der Waals surface area contributed by atoms with E-state index in [-0.39, 0.29) is 0 Å². The quantitative estimate of drug-likeness (QED) is 0.696. The minimum atomic E-state index is -0.718. The molecule has 1 N–H and O–H groups in total. The van der Waals surface area contributed by atoms with Crippen molar-refractivity contribution in [3.8, 4) is 0 Å². The molecule has 132 valence electrons. The summed E-state index contributed by atoms with van der Waals surface area (Å²) in [7, 11) is 0. The summed E-state index contributed by atoms with van der Waals surface area (Å²) in [6.45, 7) is 9.25. The second kappa shape index (κ2) is 7.70. The third kappa shape index (κ3) is 3.40. The van der Waals surface area contributed by atoms with Crippen LogP contribution in [0.4, 0.5) is 5.69 Å². The van der Waals surface area contributed by atoms with Crippen LogP contribution in [0.1, 0.15) is 44.7 Å². The van der Waals surface area contributed by atoms with Gasteiger partial charge >= 0.3 is 0 Å². The van der Waals surface area contributed by atoms with E-state index < -0.39 is 6.10 Å². The highest BCUT2D eigenvalue weighted by molar-refractivity contribution is 5.76. The molecule has 3 aromatic rings. The Labute approximate surface area is 149 Å². The van der Waals surface area contributed by atoms with Crippen molar-refractivity contribution < 1.29 is 5.11 Å². The van der Waals surface area contributed by atoms with Gasteiger partial charge in [-0.2, -0.15) is 0 Å². The molecule has 0 saturated heterocycles. The summed E-state index contributed by atoms with van der Waals surface area (Å²) in [6.07, 6.45) is 0.283. The maximum Gasteiger partial charge on any atom is 0.143 e. The fourth-order valence-corrected chi connectivity index (χ4v) is 3.37. The zero-order valence-corrected chi connectivity index (χ0v) is 15.3. The van der Waals surface area contributed by atoms with E-state index in [1.807, 2.05) is 30.3 Å². The van der Waals surface area contributed by atoms with Crippen LogP contribution >= 0.6 is 0 Å². The van der Waals surface area contributed by atoms with Gasteiger partial charge in [0.15, 0.2) is 0 Å². The summed E-state index contributed by atoms with van der Waals surface area (Å²) in [5.74, 6) is 0.721. The Morgan fingerprint density at radius 3 is 2.32 bits per heavy atom. The number of aryl methyl sites for hydroxylation is 1. The fourth-order valence-electron chi connectivity index (χ4n) is 3.37. The SMILES string of the molecule is CCCn1c([C@H](O)c2ccc(N(CC)CC)cc2)nc2ccccc21. The first-order valence-corrected chi connectivity index (χ1v) is 9.17. The molecular formula is C21H27N3O. The Morgan fingerprint density at radius 1 is 1.00 bits per heavy atom. The first-order chi connectivity index (χ1) is 12.2. The van der Waals surface area contributed by atoms with Crippen molar-refractivity contribution >= 4 is 16.7 Å². The van der Waals surface area contributed by atoms with Gasteiger partial charge in [0, 0.05) is 25.3 Å². The smallest absolute Gasteiger partial charge is 0.143 e. The molecule has 2 aromatic carbocycles. The lowest BCUT2D eigenvalue weighted by molar-refractivity contribution is 0.205. The Kier molecular flexibility index (Phi) is 5.39. The van der Waals surface area contributed by atoms with Crippen LogP contribution in [0.25, 0.3) is 11.0 Å². The van der Waals surface area contributed by atoms with Gasteiger partial charge in [-0.3, -0.25) is 0 Å². The first kappa shape index (κ1) is 17.5. The lowest BCUT2D eigenvalue weighted by atomic mass is 10.1. The second-order valence-electron chi connectivity index (χ2n) is 6.28. The number of para-hydroxylation sites is 2. The molecular weight excluding hydrogens is 310 g/mol. The molecule has 0 saturated carbocycles. The molecule has 0 bridgehead atoms. The molecule has 0 aliphatic rings. The average molecular weight is 337 g/mol. The van der Waals surface area contributed by atoms with E-state index in [4.69, 9.17) is 4.98 Å². The van der Waals surface area contributed by atoms with Crippen molar-refractivity contribution in [2.45, 2.75) is 39.8 Å². The van der Waals surface area contributed by atoms with Crippen LogP contribution in [0.5, 0.6) is 0 Å². The maximum atomic E-state index is 10.9. The molecule has 4 nitrogen and oxygen atoms in total. The molecule has 25 heavy (non-hydrogen) atoms. The summed E-state index contributed by atoms with van der Waals surface area (Å²) in [5.41, 5.74) is 4.08. The molecule has 0 aliphatic heterocycles. The van der Waals surface area contributed by atoms with Crippen molar-refractivity contribution in [1.82, 2.24) is 9.55 Å². The van der Waals surface area contributed by atoms with Gasteiger partial charge in [-0.05, 0) is 50.1 Å². The number of imidazole rings is 1. The van der Waals surface area contributed by atoms with E-state index in [1.165, 1.54) is 5.69 Å². The molecule has 1 heterocycles. The van der Waals surface area contributed by atoms with E-state index in [0.29, 0.717) is 0 Å². The highest BCUT2D eigenvalue weighted by Crippen LogP contribution is 2.27. The molecule has 0 aliphatic carbocycles. The van der Waals surface area contributed by atoms with Crippen molar-refractivity contribution in [2.75, 3.05) is 18.0 Å². The lowest BCUT2D eigenvalue weighted by Crippen LogP contribution is -2.21. The number of rotatable bonds is 7. The Bertz CT molecular complexity index is 819. The summed E-state index contributed by atoms with van der Waals surface area (Å²) in [6, 6.07) is 16.3. The van der Waals surface area contributed by atoms with Gasteiger partial charge in [-0.25, -0.2) is 4.98 Å². The van der Waals surface area contributed by atoms with E-state index in [1.54, 1.807) is 0 Å². The third-order valence-electron chi connectivity index (χ3n) is 4.71. The third-order valence-corrected chi connectivity index (χ3v) is 4.71. The van der Waals surface area contributed by atoms with Crippen LogP contribution < -0.4 is 4.90 Å². The van der Waals surface area contributed by atoms with Crippen molar-refractivity contribution in [2.24, 2.45) is 0 Å². The van der Waals surface area contributed by atoms with E-state index in [0.717, 1.165) is 48.5 Å². The molecule has 0 fully saturated rings. The molecule has 0 radical (unpaired) electrons. The normalized spacial score (nSPS) is 12.5. The Hall–Kier alpha value is -2.33. The highest BCUT2D eigenvalue weighted by Gasteiger charge is 2.19. The van der Waals surface area contributed by atoms with Gasteiger partial charge in [-0.1, -0.05) is 31.2 Å². The molecule has 1 aromatic heterocycles. The minimum Gasteiger partial charge on any atom is -0.380 e.